The summed E-state index contributed by atoms with van der Waals surface area (Å²) >= 11 is 0. The zero-order valence-electron chi connectivity index (χ0n) is 13.3. The molecule has 0 radical (unpaired) electrons. The van der Waals surface area contributed by atoms with Crippen molar-refractivity contribution >= 4 is 27.8 Å². The number of carbonyl (C=O) groups is 1. The summed E-state index contributed by atoms with van der Waals surface area (Å²) in [5.41, 5.74) is 2.75. The van der Waals surface area contributed by atoms with Crippen molar-refractivity contribution < 1.29 is 4.79 Å². The number of fused-ring (bicyclic) bond motifs is 3. The number of carbonyl (C=O) groups excluding carboxylic acids is 1. The molecule has 3 aromatic rings. The number of likely N-dealkylation sites (tertiary alicyclic amines) is 1. The molecule has 6 heteroatoms. The summed E-state index contributed by atoms with van der Waals surface area (Å²) in [6.07, 6.45) is 6.23. The highest BCUT2D eigenvalue weighted by molar-refractivity contribution is 6.04. The molecule has 118 valence electrons. The van der Waals surface area contributed by atoms with Gasteiger partial charge in [-0.1, -0.05) is 13.8 Å². The van der Waals surface area contributed by atoms with Crippen LogP contribution in [0.25, 0.3) is 21.9 Å². The Morgan fingerprint density at radius 2 is 2.22 bits per heavy atom. The van der Waals surface area contributed by atoms with Gasteiger partial charge in [0.25, 0.3) is 0 Å². The summed E-state index contributed by atoms with van der Waals surface area (Å²) in [5, 5.41) is 2.11. The van der Waals surface area contributed by atoms with Gasteiger partial charge in [0, 0.05) is 47.6 Å². The lowest BCUT2D eigenvalue weighted by molar-refractivity contribution is -0.133. The van der Waals surface area contributed by atoms with E-state index in [1.165, 1.54) is 0 Å². The highest BCUT2D eigenvalue weighted by Crippen LogP contribution is 2.33. The van der Waals surface area contributed by atoms with Crippen molar-refractivity contribution in [2.24, 2.45) is 5.92 Å². The Labute approximate surface area is 133 Å². The van der Waals surface area contributed by atoms with E-state index in [9.17, 15) is 4.79 Å². The van der Waals surface area contributed by atoms with Crippen LogP contribution in [0.2, 0.25) is 0 Å². The number of amides is 1. The third kappa shape index (κ3) is 2.25. The second-order valence-electron chi connectivity index (χ2n) is 6.44. The predicted molar refractivity (Wildman–Crippen MR) is 88.0 cm³/mol. The monoisotopic (exact) mass is 309 g/mol. The summed E-state index contributed by atoms with van der Waals surface area (Å²) in [6, 6.07) is 1.98. The molecule has 1 unspecified atom stereocenters. The zero-order chi connectivity index (χ0) is 16.0. The van der Waals surface area contributed by atoms with E-state index in [0.29, 0.717) is 5.92 Å². The van der Waals surface area contributed by atoms with Gasteiger partial charge in [-0.15, -0.1) is 0 Å². The standard InChI is InChI=1S/C17H19N5O/c1-10(2)17(23)22-6-4-11(8-22)15-14-12-3-5-18-16(12)19-7-13(14)20-9-21-15/h3,5,7,9-11H,4,6,8H2,1-2H3,(H,20,21). The first-order valence-electron chi connectivity index (χ1n) is 8.00. The second-order valence-corrected chi connectivity index (χ2v) is 6.44. The van der Waals surface area contributed by atoms with Gasteiger partial charge in [-0.3, -0.25) is 4.79 Å². The van der Waals surface area contributed by atoms with Gasteiger partial charge < -0.3 is 9.88 Å². The van der Waals surface area contributed by atoms with Crippen molar-refractivity contribution in [3.05, 3.63) is 30.5 Å². The molecule has 4 rings (SSSR count). The van der Waals surface area contributed by atoms with Crippen molar-refractivity contribution in [3.63, 3.8) is 0 Å². The molecule has 6 nitrogen and oxygen atoms in total. The van der Waals surface area contributed by atoms with Gasteiger partial charge in [-0.2, -0.15) is 0 Å². The maximum absolute atomic E-state index is 12.2. The number of rotatable bonds is 2. The van der Waals surface area contributed by atoms with E-state index in [-0.39, 0.29) is 11.8 Å². The van der Waals surface area contributed by atoms with E-state index in [4.69, 9.17) is 0 Å². The lowest BCUT2D eigenvalue weighted by Gasteiger charge is -2.19. The molecule has 1 fully saturated rings. The number of nitrogens with one attached hydrogen (secondary N) is 1. The van der Waals surface area contributed by atoms with Gasteiger partial charge in [0.05, 0.1) is 18.0 Å². The van der Waals surface area contributed by atoms with Crippen LogP contribution >= 0.6 is 0 Å². The Balaban J connectivity index is 1.78. The lowest BCUT2D eigenvalue weighted by atomic mass is 9.99. The fourth-order valence-corrected chi connectivity index (χ4v) is 3.46. The summed E-state index contributed by atoms with van der Waals surface area (Å²) in [6.45, 7) is 5.47. The van der Waals surface area contributed by atoms with Crippen LogP contribution in [0, 0.1) is 5.92 Å². The van der Waals surface area contributed by atoms with Crippen molar-refractivity contribution in [2.45, 2.75) is 26.2 Å². The molecule has 0 aromatic carbocycles. The molecule has 0 aliphatic carbocycles. The van der Waals surface area contributed by atoms with Gasteiger partial charge in [0.1, 0.15) is 0 Å². The van der Waals surface area contributed by atoms with Crippen molar-refractivity contribution in [2.75, 3.05) is 13.1 Å². The van der Waals surface area contributed by atoms with Crippen LogP contribution < -0.4 is 0 Å². The molecule has 1 aliphatic heterocycles. The zero-order valence-corrected chi connectivity index (χ0v) is 13.3. The van der Waals surface area contributed by atoms with Crippen LogP contribution in [0.5, 0.6) is 0 Å². The average Bonchev–Trinajstić information content (AvgIpc) is 3.22. The van der Waals surface area contributed by atoms with Crippen LogP contribution in [-0.2, 0) is 4.79 Å². The Kier molecular flexibility index (Phi) is 3.25. The van der Waals surface area contributed by atoms with Crippen molar-refractivity contribution in [1.82, 2.24) is 24.8 Å². The minimum Gasteiger partial charge on any atom is -0.349 e. The van der Waals surface area contributed by atoms with E-state index >= 15 is 0 Å². The molecule has 1 saturated heterocycles. The molecule has 0 bridgehead atoms. The molecule has 0 saturated carbocycles. The number of pyridine rings is 1. The summed E-state index contributed by atoms with van der Waals surface area (Å²) in [4.78, 5) is 30.6. The molecule has 1 atom stereocenters. The maximum atomic E-state index is 12.2. The minimum absolute atomic E-state index is 0.0436. The van der Waals surface area contributed by atoms with E-state index in [2.05, 4.69) is 19.9 Å². The van der Waals surface area contributed by atoms with Crippen LogP contribution in [0.15, 0.2) is 24.8 Å². The van der Waals surface area contributed by atoms with Gasteiger partial charge in [0.2, 0.25) is 5.91 Å². The first-order chi connectivity index (χ1) is 11.1. The van der Waals surface area contributed by atoms with Crippen molar-refractivity contribution in [1.29, 1.82) is 0 Å². The predicted octanol–water partition coefficient (Wildman–Crippen LogP) is 2.48. The molecule has 0 spiro atoms. The normalized spacial score (nSPS) is 18.4. The van der Waals surface area contributed by atoms with Gasteiger partial charge in [0.15, 0.2) is 5.65 Å². The smallest absolute Gasteiger partial charge is 0.225 e. The Morgan fingerprint density at radius 3 is 3.04 bits per heavy atom. The van der Waals surface area contributed by atoms with E-state index in [0.717, 1.165) is 47.1 Å². The van der Waals surface area contributed by atoms with Gasteiger partial charge in [-0.05, 0) is 12.5 Å². The number of hydrogen-bond donors (Lipinski definition) is 1. The van der Waals surface area contributed by atoms with Crippen LogP contribution in [0.1, 0.15) is 31.9 Å². The van der Waals surface area contributed by atoms with E-state index in [1.807, 2.05) is 24.8 Å². The maximum Gasteiger partial charge on any atom is 0.225 e. The molecule has 1 amide bonds. The van der Waals surface area contributed by atoms with Crippen LogP contribution in [0.4, 0.5) is 0 Å². The molecule has 1 aliphatic rings. The highest BCUT2D eigenvalue weighted by Gasteiger charge is 2.30. The van der Waals surface area contributed by atoms with E-state index in [1.54, 1.807) is 18.7 Å². The summed E-state index contributed by atoms with van der Waals surface area (Å²) in [7, 11) is 0. The molecule has 3 aromatic heterocycles. The SMILES string of the molecule is CC(C)C(=O)N1CCC(c2[nH]cnc3cnc4nccc4c23)C1. The quantitative estimate of drug-likeness (QED) is 0.789. The summed E-state index contributed by atoms with van der Waals surface area (Å²) in [5.74, 6) is 0.568. The number of nitrogens with zero attached hydrogens (tertiary/aromatic N) is 4. The highest BCUT2D eigenvalue weighted by atomic mass is 16.2. The van der Waals surface area contributed by atoms with E-state index < -0.39 is 0 Å². The fraction of sp³-hybridized carbons (Fsp3) is 0.412. The second kappa shape index (κ2) is 5.30. The Bertz CT molecular complexity index is 885. The Morgan fingerprint density at radius 1 is 1.35 bits per heavy atom. The van der Waals surface area contributed by atoms with Gasteiger partial charge in [-0.25, -0.2) is 15.0 Å². The van der Waals surface area contributed by atoms with Crippen LogP contribution in [0.3, 0.4) is 0 Å². The lowest BCUT2D eigenvalue weighted by Crippen LogP contribution is -2.32. The number of hydrogen-bond acceptors (Lipinski definition) is 4. The third-order valence-electron chi connectivity index (χ3n) is 4.61. The largest absolute Gasteiger partial charge is 0.349 e. The third-order valence-corrected chi connectivity index (χ3v) is 4.61. The van der Waals surface area contributed by atoms with Gasteiger partial charge >= 0.3 is 0 Å². The average molecular weight is 309 g/mol. The molecular weight excluding hydrogens is 290 g/mol. The van der Waals surface area contributed by atoms with Crippen molar-refractivity contribution in [3.8, 4) is 0 Å². The molecule has 4 heterocycles. The molecule has 1 N–H and O–H groups in total. The number of aromatic nitrogens is 4. The topological polar surface area (TPSA) is 74.8 Å². The molecular formula is C17H19N5O. The first kappa shape index (κ1) is 14.1. The fourth-order valence-electron chi connectivity index (χ4n) is 3.46. The first-order valence-corrected chi connectivity index (χ1v) is 8.00. The van der Waals surface area contributed by atoms with Crippen LogP contribution in [-0.4, -0.2) is 43.8 Å². The number of H-pyrrole nitrogens is 1. The number of aromatic amines is 1. The summed E-state index contributed by atoms with van der Waals surface area (Å²) < 4.78 is 0. The molecule has 23 heavy (non-hydrogen) atoms. The Hall–Kier alpha value is -2.50. The minimum atomic E-state index is 0.0436.